The Balaban J connectivity index is 2.04. The van der Waals surface area contributed by atoms with Crippen molar-refractivity contribution < 1.29 is 31.5 Å². The third-order valence-electron chi connectivity index (χ3n) is 4.65. The highest BCUT2D eigenvalue weighted by atomic mass is 32.2. The molecule has 1 aliphatic carbocycles. The van der Waals surface area contributed by atoms with Crippen molar-refractivity contribution in [2.24, 2.45) is 5.92 Å². The Morgan fingerprint density at radius 2 is 1.68 bits per heavy atom. The number of carboxylic acid groups (broad SMARTS) is 1. The van der Waals surface area contributed by atoms with Gasteiger partial charge in [-0.15, -0.1) is 0 Å². The summed E-state index contributed by atoms with van der Waals surface area (Å²) in [7, 11) is -3.43. The van der Waals surface area contributed by atoms with Crippen molar-refractivity contribution in [1.29, 1.82) is 0 Å². The molecule has 5 nitrogen and oxygen atoms in total. The summed E-state index contributed by atoms with van der Waals surface area (Å²) in [6.45, 7) is 0. The zero-order chi connectivity index (χ0) is 20.7. The molecule has 2 aromatic rings. The summed E-state index contributed by atoms with van der Waals surface area (Å²) in [6.07, 6.45) is -1.90. The van der Waals surface area contributed by atoms with Gasteiger partial charge >= 0.3 is 12.1 Å². The van der Waals surface area contributed by atoms with Gasteiger partial charge in [0, 0.05) is 12.5 Å². The molecule has 1 atom stereocenters. The molecule has 1 heterocycles. The lowest BCUT2D eigenvalue weighted by atomic mass is 9.98. The van der Waals surface area contributed by atoms with E-state index >= 15 is 0 Å². The molecule has 0 fully saturated rings. The lowest BCUT2D eigenvalue weighted by molar-refractivity contribution is -0.141. The van der Waals surface area contributed by atoms with Gasteiger partial charge < -0.3 is 5.11 Å². The van der Waals surface area contributed by atoms with E-state index in [-0.39, 0.29) is 17.7 Å². The molecule has 3 rings (SSSR count). The van der Waals surface area contributed by atoms with Crippen LogP contribution in [0.5, 0.6) is 0 Å². The standard InChI is InChI=1S/C19H16F3NO4S/c1-28(26,27)14-6-7-17(23-10-14)16-9-12(18(24)25)8-15(16)11-2-4-13(5-3-11)19(20,21)22/h2-7,10,12H,8-9H2,1H3,(H,24,25). The van der Waals surface area contributed by atoms with Gasteiger partial charge in [-0.3, -0.25) is 9.78 Å². The summed E-state index contributed by atoms with van der Waals surface area (Å²) in [6, 6.07) is 7.39. The first-order valence-corrected chi connectivity index (χ1v) is 10.1. The van der Waals surface area contributed by atoms with Crippen LogP contribution in [0.4, 0.5) is 13.2 Å². The number of aromatic nitrogens is 1. The van der Waals surface area contributed by atoms with Crippen molar-refractivity contribution in [1.82, 2.24) is 4.98 Å². The van der Waals surface area contributed by atoms with Crippen molar-refractivity contribution >= 4 is 27.0 Å². The van der Waals surface area contributed by atoms with Gasteiger partial charge in [0.25, 0.3) is 0 Å². The fraction of sp³-hybridized carbons (Fsp3) is 0.263. The molecular weight excluding hydrogens is 395 g/mol. The summed E-state index contributed by atoms with van der Waals surface area (Å²) in [5, 5.41) is 9.37. The molecule has 0 saturated heterocycles. The van der Waals surface area contributed by atoms with Crippen LogP contribution in [0, 0.1) is 5.92 Å². The monoisotopic (exact) mass is 411 g/mol. The molecule has 0 radical (unpaired) electrons. The number of alkyl halides is 3. The molecule has 1 aliphatic rings. The van der Waals surface area contributed by atoms with Crippen molar-refractivity contribution in [3.63, 3.8) is 0 Å². The van der Waals surface area contributed by atoms with Gasteiger partial charge in [-0.05, 0) is 53.8 Å². The van der Waals surface area contributed by atoms with Gasteiger partial charge in [0.1, 0.15) is 0 Å². The number of halogens is 3. The predicted molar refractivity (Wildman–Crippen MR) is 96.0 cm³/mol. The average molecular weight is 411 g/mol. The van der Waals surface area contributed by atoms with Crippen molar-refractivity contribution in [3.8, 4) is 0 Å². The van der Waals surface area contributed by atoms with Crippen LogP contribution in [0.3, 0.4) is 0 Å². The zero-order valence-corrected chi connectivity index (χ0v) is 15.5. The number of benzene rings is 1. The van der Waals surface area contributed by atoms with Crippen molar-refractivity contribution in [2.75, 3.05) is 6.26 Å². The van der Waals surface area contributed by atoms with Crippen molar-refractivity contribution in [2.45, 2.75) is 23.9 Å². The van der Waals surface area contributed by atoms with Crippen molar-refractivity contribution in [3.05, 3.63) is 59.4 Å². The van der Waals surface area contributed by atoms with E-state index in [2.05, 4.69) is 4.98 Å². The lowest BCUT2D eigenvalue weighted by Crippen LogP contribution is -2.10. The molecule has 0 saturated carbocycles. The van der Waals surface area contributed by atoms with E-state index in [1.54, 1.807) is 0 Å². The number of rotatable bonds is 4. The molecule has 1 N–H and O–H groups in total. The van der Waals surface area contributed by atoms with Crippen LogP contribution >= 0.6 is 0 Å². The van der Waals surface area contributed by atoms with Gasteiger partial charge in [0.2, 0.25) is 0 Å². The van der Waals surface area contributed by atoms with Crippen LogP contribution in [0.1, 0.15) is 29.7 Å². The average Bonchev–Trinajstić information content (AvgIpc) is 3.06. The first-order valence-electron chi connectivity index (χ1n) is 8.26. The molecule has 0 aliphatic heterocycles. The van der Waals surface area contributed by atoms with Crippen LogP contribution in [0.15, 0.2) is 47.5 Å². The molecule has 0 bridgehead atoms. The molecule has 0 amide bonds. The zero-order valence-electron chi connectivity index (χ0n) is 14.7. The summed E-state index contributed by atoms with van der Waals surface area (Å²) >= 11 is 0. The Morgan fingerprint density at radius 1 is 1.07 bits per heavy atom. The number of hydrogen-bond donors (Lipinski definition) is 1. The third kappa shape index (κ3) is 4.09. The minimum Gasteiger partial charge on any atom is -0.481 e. The predicted octanol–water partition coefficient (Wildman–Crippen LogP) is 3.91. The number of carbonyl (C=O) groups is 1. The molecule has 9 heteroatoms. The number of nitrogens with zero attached hydrogens (tertiary/aromatic N) is 1. The summed E-state index contributed by atoms with van der Waals surface area (Å²) in [4.78, 5) is 15.6. The molecule has 28 heavy (non-hydrogen) atoms. The number of pyridine rings is 1. The van der Waals surface area contributed by atoms with E-state index < -0.39 is 33.5 Å². The minimum absolute atomic E-state index is 0.0284. The Morgan fingerprint density at radius 3 is 2.14 bits per heavy atom. The maximum atomic E-state index is 12.8. The molecule has 1 unspecified atom stereocenters. The van der Waals surface area contributed by atoms with E-state index in [0.29, 0.717) is 22.4 Å². The smallest absolute Gasteiger partial charge is 0.416 e. The van der Waals surface area contributed by atoms with Crippen LogP contribution in [-0.2, 0) is 20.8 Å². The van der Waals surface area contributed by atoms with Crippen LogP contribution in [0.25, 0.3) is 11.1 Å². The number of aliphatic carboxylic acids is 1. The minimum atomic E-state index is -4.46. The van der Waals surface area contributed by atoms with Crippen LogP contribution in [0.2, 0.25) is 0 Å². The molecule has 0 spiro atoms. The summed E-state index contributed by atoms with van der Waals surface area (Å²) in [5.74, 6) is -1.73. The van der Waals surface area contributed by atoms with E-state index in [1.165, 1.54) is 30.5 Å². The van der Waals surface area contributed by atoms with E-state index in [1.807, 2.05) is 0 Å². The highest BCUT2D eigenvalue weighted by molar-refractivity contribution is 7.90. The van der Waals surface area contributed by atoms with E-state index in [9.17, 15) is 31.5 Å². The second-order valence-corrected chi connectivity index (χ2v) is 8.64. The second kappa shape index (κ2) is 7.05. The number of hydrogen-bond acceptors (Lipinski definition) is 4. The van der Waals surface area contributed by atoms with Crippen LogP contribution < -0.4 is 0 Å². The van der Waals surface area contributed by atoms with Crippen LogP contribution in [-0.4, -0.2) is 30.7 Å². The third-order valence-corrected chi connectivity index (χ3v) is 5.75. The van der Waals surface area contributed by atoms with Gasteiger partial charge in [-0.1, -0.05) is 12.1 Å². The highest BCUT2D eigenvalue weighted by Crippen LogP contribution is 2.43. The summed E-state index contributed by atoms with van der Waals surface area (Å²) in [5.41, 5.74) is 1.29. The van der Waals surface area contributed by atoms with Gasteiger partial charge in [0.15, 0.2) is 9.84 Å². The maximum Gasteiger partial charge on any atom is 0.416 e. The topological polar surface area (TPSA) is 84.3 Å². The molecular formula is C19H16F3NO4S. The van der Waals surface area contributed by atoms with Gasteiger partial charge in [-0.2, -0.15) is 13.2 Å². The number of carboxylic acids is 1. The first kappa shape index (κ1) is 20.1. The lowest BCUT2D eigenvalue weighted by Gasteiger charge is -2.10. The van der Waals surface area contributed by atoms with E-state index in [0.717, 1.165) is 18.4 Å². The fourth-order valence-corrected chi connectivity index (χ4v) is 3.74. The number of sulfone groups is 1. The number of allylic oxidation sites excluding steroid dienone is 2. The Hall–Kier alpha value is -2.68. The second-order valence-electron chi connectivity index (χ2n) is 6.63. The quantitative estimate of drug-likeness (QED) is 0.825. The normalized spacial score (nSPS) is 17.8. The largest absolute Gasteiger partial charge is 0.481 e. The highest BCUT2D eigenvalue weighted by Gasteiger charge is 2.33. The Kier molecular flexibility index (Phi) is 5.05. The maximum absolute atomic E-state index is 12.8. The van der Waals surface area contributed by atoms with Gasteiger partial charge in [-0.25, -0.2) is 8.42 Å². The summed E-state index contributed by atoms with van der Waals surface area (Å²) < 4.78 is 61.5. The molecule has 1 aromatic carbocycles. The van der Waals surface area contributed by atoms with E-state index in [4.69, 9.17) is 0 Å². The molecule has 148 valence electrons. The SMILES string of the molecule is CS(=O)(=O)c1ccc(C2=C(c3ccc(C(F)(F)F)cc3)CC(C(=O)O)C2)nc1. The Bertz CT molecular complexity index is 1040. The first-order chi connectivity index (χ1) is 13.0. The van der Waals surface area contributed by atoms with Gasteiger partial charge in [0.05, 0.1) is 22.1 Å². The fourth-order valence-electron chi connectivity index (χ4n) is 3.18. The Labute approximate surface area is 159 Å². The molecule has 1 aromatic heterocycles.